The Morgan fingerprint density at radius 2 is 1.92 bits per heavy atom. The number of carbonyl (C=O) groups excluding carboxylic acids is 1. The van der Waals surface area contributed by atoms with Crippen molar-refractivity contribution in [2.75, 3.05) is 19.8 Å². The van der Waals surface area contributed by atoms with Crippen molar-refractivity contribution in [3.8, 4) is 6.08 Å². The number of nitrogens with zero attached hydrogens (tertiary/aromatic N) is 4. The van der Waals surface area contributed by atoms with Crippen LogP contribution < -0.4 is 10.1 Å². The highest BCUT2D eigenvalue weighted by Gasteiger charge is 2.35. The van der Waals surface area contributed by atoms with E-state index in [1.165, 1.54) is 0 Å². The van der Waals surface area contributed by atoms with E-state index in [0.29, 0.717) is 31.9 Å². The van der Waals surface area contributed by atoms with Crippen molar-refractivity contribution in [2.45, 2.75) is 44.2 Å². The minimum absolute atomic E-state index is 0.0405. The third-order valence-corrected chi connectivity index (χ3v) is 5.14. The summed E-state index contributed by atoms with van der Waals surface area (Å²) in [5.41, 5.74) is -2.18. The van der Waals surface area contributed by atoms with Crippen LogP contribution in [0.4, 0.5) is 26.3 Å². The van der Waals surface area contributed by atoms with E-state index in [1.807, 2.05) is 0 Å². The molecule has 0 radical (unpaired) electrons. The number of hydrogen-bond acceptors (Lipinski definition) is 9. The fourth-order valence-electron chi connectivity index (χ4n) is 3.44. The van der Waals surface area contributed by atoms with Crippen LogP contribution in [0.15, 0.2) is 22.7 Å². The first-order chi connectivity index (χ1) is 17.4. The van der Waals surface area contributed by atoms with Gasteiger partial charge >= 0.3 is 18.4 Å². The van der Waals surface area contributed by atoms with Gasteiger partial charge in [-0.15, -0.1) is 5.10 Å². The van der Waals surface area contributed by atoms with Gasteiger partial charge in [0.15, 0.2) is 0 Å². The van der Waals surface area contributed by atoms with Gasteiger partial charge in [-0.3, -0.25) is 9.78 Å². The van der Waals surface area contributed by atoms with Gasteiger partial charge in [0.1, 0.15) is 24.2 Å². The predicted octanol–water partition coefficient (Wildman–Crippen LogP) is 3.83. The Balaban J connectivity index is 1.30. The van der Waals surface area contributed by atoms with E-state index in [0.717, 1.165) is 6.20 Å². The number of halogens is 6. The number of nitrogens with one attached hydrogen (secondary N) is 1. The first-order valence-corrected chi connectivity index (χ1v) is 10.8. The molecule has 16 heteroatoms. The molecule has 1 aromatic carbocycles. The zero-order valence-electron chi connectivity index (χ0n) is 19.0. The van der Waals surface area contributed by atoms with Gasteiger partial charge in [0, 0.05) is 13.0 Å². The lowest BCUT2D eigenvalue weighted by Gasteiger charge is -2.27. The Hall–Kier alpha value is -3.53. The second-order valence-corrected chi connectivity index (χ2v) is 8.05. The van der Waals surface area contributed by atoms with E-state index in [4.69, 9.17) is 13.9 Å². The molecule has 3 aromatic rings. The van der Waals surface area contributed by atoms with Crippen molar-refractivity contribution in [1.82, 2.24) is 25.5 Å². The summed E-state index contributed by atoms with van der Waals surface area (Å²) in [6.45, 7) is -0.00337. The maximum Gasteiger partial charge on any atom is 0.419 e. The first-order valence-electron chi connectivity index (χ1n) is 10.8. The molecule has 1 aliphatic rings. The molecule has 1 amide bonds. The van der Waals surface area contributed by atoms with Crippen LogP contribution in [-0.4, -0.2) is 58.0 Å². The van der Waals surface area contributed by atoms with E-state index in [1.54, 1.807) is 0 Å². The van der Waals surface area contributed by atoms with Crippen molar-refractivity contribution in [2.24, 2.45) is 0 Å². The molecule has 1 N–H and O–H groups in total. The van der Waals surface area contributed by atoms with Gasteiger partial charge in [-0.25, -0.2) is 9.37 Å². The molecule has 2 aromatic heterocycles. The normalized spacial score (nSPS) is 18.7. The average Bonchev–Trinajstić information content (AvgIpc) is 3.29. The van der Waals surface area contributed by atoms with Gasteiger partial charge in [-0.1, -0.05) is 5.10 Å². The lowest BCUT2D eigenvalue weighted by molar-refractivity contribution is -0.226. The summed E-state index contributed by atoms with van der Waals surface area (Å²) in [4.78, 5) is 20.3. The van der Waals surface area contributed by atoms with E-state index in [2.05, 4.69) is 30.2 Å². The Morgan fingerprint density at radius 3 is 2.59 bits per heavy atom. The maximum absolute atomic E-state index is 13.7. The van der Waals surface area contributed by atoms with Gasteiger partial charge in [0.25, 0.3) is 5.91 Å². The third kappa shape index (κ3) is 6.82. The number of ether oxygens (including phenoxy) is 3. The molecular weight excluding hydrogens is 516 g/mol. The van der Waals surface area contributed by atoms with Crippen LogP contribution in [0.3, 0.4) is 0 Å². The number of amides is 1. The molecule has 0 aliphatic carbocycles. The van der Waals surface area contributed by atoms with Gasteiger partial charge in [0.2, 0.25) is 5.89 Å². The topological polar surface area (TPSA) is 121 Å². The van der Waals surface area contributed by atoms with Crippen LogP contribution >= 0.6 is 0 Å². The molecular formula is C21H19F6N5O5. The first kappa shape index (κ1) is 26.5. The molecule has 1 fully saturated rings. The summed E-state index contributed by atoms with van der Waals surface area (Å²) in [6.07, 6.45) is -7.27. The predicted molar refractivity (Wildman–Crippen MR) is 110 cm³/mol. The number of aromatic nitrogens is 4. The van der Waals surface area contributed by atoms with Gasteiger partial charge < -0.3 is 23.9 Å². The van der Waals surface area contributed by atoms with Gasteiger partial charge in [-0.05, 0) is 18.9 Å². The molecule has 37 heavy (non-hydrogen) atoms. The molecule has 4 rings (SSSR count). The molecule has 1 aliphatic heterocycles. The number of fused-ring (bicyclic) bond motifs is 1. The zero-order valence-corrected chi connectivity index (χ0v) is 19.0. The monoisotopic (exact) mass is 535 g/mol. The summed E-state index contributed by atoms with van der Waals surface area (Å²) in [6, 6.07) is 0.636. The van der Waals surface area contributed by atoms with Crippen molar-refractivity contribution < 1.29 is 49.8 Å². The lowest BCUT2D eigenvalue weighted by Crippen LogP contribution is -2.41. The Kier molecular flexibility index (Phi) is 7.49. The summed E-state index contributed by atoms with van der Waals surface area (Å²) in [7, 11) is 0. The summed E-state index contributed by atoms with van der Waals surface area (Å²) in [5.74, 6) is -2.10. The molecule has 0 spiro atoms. The second kappa shape index (κ2) is 10.5. The number of alkyl halides is 5. The summed E-state index contributed by atoms with van der Waals surface area (Å²) >= 11 is 0. The standard InChI is InChI=1S/C21H19F6N5O5/c1-20(23,24)36-5-4-34-19-32-31-18(37-19)16-3-2-10(9-35-16)29-17(33)15-8-28-13-7-12(22)11(21(25,26)27)6-14(13)30-15/h6-8,10,16H,2-5,9H2,1H3,(H,29,33)/t10-,16+/m0/s1. The highest BCUT2D eigenvalue weighted by molar-refractivity contribution is 5.94. The molecule has 1 saturated heterocycles. The van der Waals surface area contributed by atoms with E-state index < -0.39 is 48.3 Å². The van der Waals surface area contributed by atoms with E-state index in [-0.39, 0.29) is 41.9 Å². The van der Waals surface area contributed by atoms with Crippen molar-refractivity contribution in [3.05, 3.63) is 41.3 Å². The Bertz CT molecular complexity index is 1260. The average molecular weight is 535 g/mol. The minimum Gasteiger partial charge on any atom is -0.447 e. The fourth-order valence-corrected chi connectivity index (χ4v) is 3.44. The fraction of sp³-hybridized carbons (Fsp3) is 0.476. The highest BCUT2D eigenvalue weighted by atomic mass is 19.4. The third-order valence-electron chi connectivity index (χ3n) is 5.14. The molecule has 3 heterocycles. The molecule has 0 saturated carbocycles. The van der Waals surface area contributed by atoms with Crippen molar-refractivity contribution in [1.29, 1.82) is 0 Å². The lowest BCUT2D eigenvalue weighted by atomic mass is 10.0. The van der Waals surface area contributed by atoms with Crippen molar-refractivity contribution in [3.63, 3.8) is 0 Å². The number of rotatable bonds is 8. The van der Waals surface area contributed by atoms with E-state index >= 15 is 0 Å². The van der Waals surface area contributed by atoms with E-state index in [9.17, 15) is 31.1 Å². The maximum atomic E-state index is 13.7. The van der Waals surface area contributed by atoms with Crippen LogP contribution in [-0.2, 0) is 15.7 Å². The zero-order chi connectivity index (χ0) is 26.8. The molecule has 0 unspecified atom stereocenters. The quantitative estimate of drug-likeness (QED) is 0.339. The SMILES string of the molecule is CC(F)(F)OCCOc1nnc([C@H]2CC[C@H](NC(=O)c3cnc4cc(F)c(C(F)(F)F)cc4n3)CO2)o1. The molecule has 2 atom stereocenters. The number of benzene rings is 1. The molecule has 0 bridgehead atoms. The molecule has 10 nitrogen and oxygen atoms in total. The second-order valence-electron chi connectivity index (χ2n) is 8.05. The van der Waals surface area contributed by atoms with Crippen LogP contribution in [0.2, 0.25) is 0 Å². The molecule has 200 valence electrons. The summed E-state index contributed by atoms with van der Waals surface area (Å²) < 4.78 is 98.1. The minimum atomic E-state index is -4.93. The number of hydrogen-bond donors (Lipinski definition) is 1. The van der Waals surface area contributed by atoms with Crippen LogP contribution in [0.5, 0.6) is 6.08 Å². The largest absolute Gasteiger partial charge is 0.447 e. The van der Waals surface area contributed by atoms with Crippen LogP contribution in [0.1, 0.15) is 47.8 Å². The summed E-state index contributed by atoms with van der Waals surface area (Å²) in [5, 5.41) is 10.1. The Labute approximate surface area is 204 Å². The van der Waals surface area contributed by atoms with Crippen LogP contribution in [0.25, 0.3) is 11.0 Å². The number of carbonyl (C=O) groups is 1. The van der Waals surface area contributed by atoms with Gasteiger partial charge in [-0.2, -0.15) is 22.0 Å². The Morgan fingerprint density at radius 1 is 1.14 bits per heavy atom. The van der Waals surface area contributed by atoms with Crippen LogP contribution in [0, 0.1) is 5.82 Å². The smallest absolute Gasteiger partial charge is 0.419 e. The van der Waals surface area contributed by atoms with Gasteiger partial charge in [0.05, 0.1) is 42.0 Å². The highest BCUT2D eigenvalue weighted by Crippen LogP contribution is 2.33. The van der Waals surface area contributed by atoms with Crippen molar-refractivity contribution >= 4 is 16.9 Å².